The number of carbonyl (C=O) groups excluding carboxylic acids is 1. The van der Waals surface area contributed by atoms with Crippen molar-refractivity contribution >= 4 is 5.97 Å². The zero-order chi connectivity index (χ0) is 25.2. The van der Waals surface area contributed by atoms with E-state index in [4.69, 9.17) is 4.74 Å². The third-order valence-electron chi connectivity index (χ3n) is 6.43. The van der Waals surface area contributed by atoms with E-state index in [2.05, 4.69) is 58.2 Å². The molecule has 9 heteroatoms. The average molecular weight is 481 g/mol. The molecule has 0 saturated carbocycles. The first-order valence-electron chi connectivity index (χ1n) is 11.8. The van der Waals surface area contributed by atoms with Crippen molar-refractivity contribution in [1.29, 1.82) is 0 Å². The van der Waals surface area contributed by atoms with Gasteiger partial charge in [0, 0.05) is 42.8 Å². The van der Waals surface area contributed by atoms with Crippen LogP contribution in [-0.2, 0) is 16.3 Å². The Balaban J connectivity index is 1.71. The van der Waals surface area contributed by atoms with E-state index in [0.29, 0.717) is 6.61 Å². The summed E-state index contributed by atoms with van der Waals surface area (Å²) in [6, 6.07) is 7.56. The predicted molar refractivity (Wildman–Crippen MR) is 130 cm³/mol. The molecule has 1 aliphatic heterocycles. The quantitative estimate of drug-likeness (QED) is 0.268. The molecule has 4 rings (SSSR count). The van der Waals surface area contributed by atoms with Gasteiger partial charge in [-0.1, -0.05) is 27.7 Å². The number of hydrogen-bond donors (Lipinski definition) is 0. The Labute approximate surface area is 204 Å². The van der Waals surface area contributed by atoms with Crippen LogP contribution in [0, 0.1) is 5.41 Å². The van der Waals surface area contributed by atoms with Gasteiger partial charge in [0.15, 0.2) is 5.43 Å². The summed E-state index contributed by atoms with van der Waals surface area (Å²) in [5.41, 5.74) is 2.29. The number of pyridine rings is 1. The first-order chi connectivity index (χ1) is 16.7. The van der Waals surface area contributed by atoms with Crippen molar-refractivity contribution in [2.45, 2.75) is 59.0 Å². The normalized spacial score (nSPS) is 16.9. The molecular formula is C26H32N4O5. The van der Waals surface area contributed by atoms with E-state index in [0.717, 1.165) is 42.0 Å². The van der Waals surface area contributed by atoms with Crippen molar-refractivity contribution in [3.05, 3.63) is 64.5 Å². The van der Waals surface area contributed by atoms with Crippen LogP contribution in [0.5, 0.6) is 5.75 Å². The molecule has 2 atom stereocenters. The van der Waals surface area contributed by atoms with Gasteiger partial charge < -0.3 is 9.30 Å². The topological polar surface area (TPSA) is 97.5 Å². The Kier molecular flexibility index (Phi) is 7.07. The number of benzene rings is 1. The third kappa shape index (κ3) is 5.00. The molecule has 186 valence electrons. The molecule has 0 aliphatic carbocycles. The number of hydrogen-bond acceptors (Lipinski definition) is 7. The molecule has 35 heavy (non-hydrogen) atoms. The highest BCUT2D eigenvalue weighted by Gasteiger charge is 2.40. The van der Waals surface area contributed by atoms with Crippen molar-refractivity contribution in [1.82, 2.24) is 19.3 Å². The van der Waals surface area contributed by atoms with E-state index in [9.17, 15) is 9.59 Å². The minimum atomic E-state index is -0.797. The molecule has 9 nitrogen and oxygen atoms in total. The average Bonchev–Trinajstić information content (AvgIpc) is 3.33. The van der Waals surface area contributed by atoms with Gasteiger partial charge in [-0.15, -0.1) is 0 Å². The Bertz CT molecular complexity index is 1240. The number of rotatable bonds is 8. The van der Waals surface area contributed by atoms with Crippen LogP contribution >= 0.6 is 0 Å². The second-order valence-electron chi connectivity index (χ2n) is 9.82. The maximum Gasteiger partial charge on any atom is 0.378 e. The van der Waals surface area contributed by atoms with Gasteiger partial charge in [0.2, 0.25) is 0 Å². The number of aryl methyl sites for hydroxylation is 1. The molecule has 1 aliphatic rings. The fourth-order valence-corrected chi connectivity index (χ4v) is 5.03. The number of ether oxygens (including phenoxy) is 1. The van der Waals surface area contributed by atoms with Crippen LogP contribution in [0.2, 0.25) is 0 Å². The molecule has 3 aromatic rings. The maximum absolute atomic E-state index is 12.9. The van der Waals surface area contributed by atoms with Crippen molar-refractivity contribution in [3.8, 4) is 17.0 Å². The van der Waals surface area contributed by atoms with Gasteiger partial charge in [0.1, 0.15) is 24.0 Å². The maximum atomic E-state index is 12.9. The first-order valence-corrected chi connectivity index (χ1v) is 11.8. The SMILES string of the molecule is CCC1c2cc(OCCCn3cncn3)ccc2-c2cc(=O)c(C(=O)OOC)cn2C1C(C)(C)C. The van der Waals surface area contributed by atoms with E-state index in [1.165, 1.54) is 19.5 Å². The molecule has 0 saturated heterocycles. The summed E-state index contributed by atoms with van der Waals surface area (Å²) in [6.07, 6.45) is 6.52. The van der Waals surface area contributed by atoms with Gasteiger partial charge in [0.05, 0.1) is 19.4 Å². The second-order valence-corrected chi connectivity index (χ2v) is 9.82. The smallest absolute Gasteiger partial charge is 0.378 e. The van der Waals surface area contributed by atoms with Crippen LogP contribution in [0.15, 0.2) is 47.9 Å². The Morgan fingerprint density at radius 2 is 2.00 bits per heavy atom. The number of aromatic nitrogens is 4. The molecule has 0 fully saturated rings. The van der Waals surface area contributed by atoms with Crippen molar-refractivity contribution in [2.75, 3.05) is 13.7 Å². The summed E-state index contributed by atoms with van der Waals surface area (Å²) in [5.74, 6) is 0.156. The fourth-order valence-electron chi connectivity index (χ4n) is 5.03. The highest BCUT2D eigenvalue weighted by Crippen LogP contribution is 2.51. The minimum absolute atomic E-state index is 0.00672. The molecule has 0 spiro atoms. The van der Waals surface area contributed by atoms with Crippen molar-refractivity contribution in [2.24, 2.45) is 5.41 Å². The largest absolute Gasteiger partial charge is 0.494 e. The van der Waals surface area contributed by atoms with Gasteiger partial charge in [0.25, 0.3) is 0 Å². The van der Waals surface area contributed by atoms with Crippen LogP contribution in [-0.4, -0.2) is 39.0 Å². The zero-order valence-electron chi connectivity index (χ0n) is 20.9. The first kappa shape index (κ1) is 24.7. The van der Waals surface area contributed by atoms with Gasteiger partial charge in [-0.05, 0) is 35.6 Å². The predicted octanol–water partition coefficient (Wildman–Crippen LogP) is 4.39. The summed E-state index contributed by atoms with van der Waals surface area (Å²) < 4.78 is 9.91. The molecule has 0 amide bonds. The van der Waals surface area contributed by atoms with Gasteiger partial charge in [-0.25, -0.2) is 9.78 Å². The lowest BCUT2D eigenvalue weighted by molar-refractivity contribution is -0.216. The monoisotopic (exact) mass is 480 g/mol. The lowest BCUT2D eigenvalue weighted by Crippen LogP contribution is -2.35. The highest BCUT2D eigenvalue weighted by molar-refractivity contribution is 5.89. The second kappa shape index (κ2) is 10.0. The zero-order valence-corrected chi connectivity index (χ0v) is 20.9. The van der Waals surface area contributed by atoms with Crippen LogP contribution in [0.25, 0.3) is 11.3 Å². The molecule has 3 heterocycles. The fraction of sp³-hybridized carbons (Fsp3) is 0.462. The summed E-state index contributed by atoms with van der Waals surface area (Å²) >= 11 is 0. The molecule has 0 N–H and O–H groups in total. The number of carbonyl (C=O) groups is 1. The standard InChI is InChI=1S/C26H32N4O5/c1-6-18-20-12-17(34-11-7-10-29-16-27-15-28-29)8-9-19(20)22-13-23(31)21(25(32)35-33-5)14-30(22)24(18)26(2,3)4/h8-9,12-16,18,24H,6-7,10-11H2,1-5H3. The summed E-state index contributed by atoms with van der Waals surface area (Å²) in [5, 5.41) is 4.11. The van der Waals surface area contributed by atoms with Crippen LogP contribution < -0.4 is 10.2 Å². The Morgan fingerprint density at radius 1 is 1.20 bits per heavy atom. The highest BCUT2D eigenvalue weighted by atomic mass is 17.2. The molecule has 1 aromatic carbocycles. The lowest BCUT2D eigenvalue weighted by atomic mass is 9.71. The van der Waals surface area contributed by atoms with E-state index in [1.54, 1.807) is 17.2 Å². The molecule has 2 unspecified atom stereocenters. The van der Waals surface area contributed by atoms with Crippen LogP contribution in [0.3, 0.4) is 0 Å². The molecular weight excluding hydrogens is 448 g/mol. The van der Waals surface area contributed by atoms with E-state index >= 15 is 0 Å². The summed E-state index contributed by atoms with van der Waals surface area (Å²) in [7, 11) is 1.24. The third-order valence-corrected chi connectivity index (χ3v) is 6.43. The van der Waals surface area contributed by atoms with Gasteiger partial charge in [-0.2, -0.15) is 9.99 Å². The van der Waals surface area contributed by atoms with E-state index < -0.39 is 11.4 Å². The minimum Gasteiger partial charge on any atom is -0.494 e. The lowest BCUT2D eigenvalue weighted by Gasteiger charge is -2.44. The molecule has 2 aromatic heterocycles. The van der Waals surface area contributed by atoms with Crippen LogP contribution in [0.4, 0.5) is 0 Å². The van der Waals surface area contributed by atoms with Gasteiger partial charge in [-0.3, -0.25) is 14.4 Å². The summed E-state index contributed by atoms with van der Waals surface area (Å²) in [6.45, 7) is 9.96. The Hall–Kier alpha value is -3.46. The van der Waals surface area contributed by atoms with Crippen LogP contribution in [0.1, 0.15) is 68.4 Å². The van der Waals surface area contributed by atoms with Crippen molar-refractivity contribution < 1.29 is 19.3 Å². The van der Waals surface area contributed by atoms with E-state index in [-0.39, 0.29) is 22.9 Å². The van der Waals surface area contributed by atoms with Gasteiger partial charge >= 0.3 is 5.97 Å². The van der Waals surface area contributed by atoms with E-state index in [1.807, 2.05) is 12.1 Å². The Morgan fingerprint density at radius 3 is 2.66 bits per heavy atom. The molecule has 0 radical (unpaired) electrons. The summed E-state index contributed by atoms with van der Waals surface area (Å²) in [4.78, 5) is 38.3. The molecule has 0 bridgehead atoms. The number of nitrogens with zero attached hydrogens (tertiary/aromatic N) is 4. The number of fused-ring (bicyclic) bond motifs is 3. The van der Waals surface area contributed by atoms with Crippen molar-refractivity contribution in [3.63, 3.8) is 0 Å².